The molecule has 1 aliphatic heterocycles. The highest BCUT2D eigenvalue weighted by Gasteiger charge is 2.42. The molecule has 0 amide bonds. The summed E-state index contributed by atoms with van der Waals surface area (Å²) in [4.78, 5) is 4.32. The number of aliphatic imine (C=N–C) groups is 1. The second-order valence-electron chi connectivity index (χ2n) is 4.81. The van der Waals surface area contributed by atoms with Gasteiger partial charge in [0, 0.05) is 12.3 Å². The molecule has 3 unspecified atom stereocenters. The Labute approximate surface area is 89.9 Å². The number of hydrogen-bond donors (Lipinski definition) is 1. The van der Waals surface area contributed by atoms with Crippen LogP contribution in [0, 0.1) is 5.92 Å². The number of nitrogens with two attached hydrogens (primary N) is 1. The second-order valence-corrected chi connectivity index (χ2v) is 4.81. The molecule has 1 fully saturated rings. The Morgan fingerprint density at radius 1 is 1.47 bits per heavy atom. The van der Waals surface area contributed by atoms with Gasteiger partial charge in [-0.2, -0.15) is 0 Å². The Morgan fingerprint density at radius 2 is 2.20 bits per heavy atom. The smallest absolute Gasteiger partial charge is 0.282 e. The number of alkyl halides is 1. The zero-order chi connectivity index (χ0) is 10.9. The quantitative estimate of drug-likeness (QED) is 0.725. The predicted octanol–water partition coefficient (Wildman–Crippen LogP) is 2.01. The van der Waals surface area contributed by atoms with Crippen molar-refractivity contribution < 1.29 is 9.13 Å². The molecule has 2 aliphatic rings. The third kappa shape index (κ3) is 2.08. The third-order valence-corrected chi connectivity index (χ3v) is 3.70. The molecule has 0 radical (unpaired) electrons. The fraction of sp³-hybridized carbons (Fsp3) is 0.909. The molecule has 2 N–H and O–H groups in total. The van der Waals surface area contributed by atoms with Crippen molar-refractivity contribution in [3.05, 3.63) is 0 Å². The summed E-state index contributed by atoms with van der Waals surface area (Å²) in [5.41, 5.74) is 5.22. The van der Waals surface area contributed by atoms with Crippen molar-refractivity contribution in [2.45, 2.75) is 50.7 Å². The highest BCUT2D eigenvalue weighted by molar-refractivity contribution is 5.72. The minimum absolute atomic E-state index is 0.0219. The highest BCUT2D eigenvalue weighted by atomic mass is 19.1. The molecule has 3 nitrogen and oxygen atoms in total. The molecule has 0 saturated heterocycles. The van der Waals surface area contributed by atoms with Crippen LogP contribution in [-0.2, 0) is 4.74 Å². The van der Waals surface area contributed by atoms with Crippen molar-refractivity contribution in [2.24, 2.45) is 16.6 Å². The van der Waals surface area contributed by atoms with Crippen LogP contribution in [0.2, 0.25) is 0 Å². The molecule has 0 bridgehead atoms. The molecule has 3 atom stereocenters. The highest BCUT2D eigenvalue weighted by Crippen LogP contribution is 2.40. The van der Waals surface area contributed by atoms with Gasteiger partial charge in [0.05, 0.1) is 12.1 Å². The van der Waals surface area contributed by atoms with Gasteiger partial charge in [-0.3, -0.25) is 0 Å². The van der Waals surface area contributed by atoms with Crippen LogP contribution in [0.25, 0.3) is 0 Å². The molecular weight excluding hydrogens is 195 g/mol. The summed E-state index contributed by atoms with van der Waals surface area (Å²) in [5.74, 6) is 0.0219. The van der Waals surface area contributed by atoms with Crippen LogP contribution < -0.4 is 5.73 Å². The lowest BCUT2D eigenvalue weighted by Crippen LogP contribution is -2.45. The first-order valence-corrected chi connectivity index (χ1v) is 5.74. The van der Waals surface area contributed by atoms with Gasteiger partial charge in [0.25, 0.3) is 6.02 Å². The number of rotatable bonds is 1. The molecule has 1 saturated carbocycles. The van der Waals surface area contributed by atoms with Gasteiger partial charge in [-0.15, -0.1) is 0 Å². The molecule has 0 aromatic rings. The summed E-state index contributed by atoms with van der Waals surface area (Å²) in [6, 6.07) is 0.224. The minimum Gasteiger partial charge on any atom is -0.465 e. The lowest BCUT2D eigenvalue weighted by molar-refractivity contribution is 0.0741. The van der Waals surface area contributed by atoms with E-state index in [1.165, 1.54) is 0 Å². The van der Waals surface area contributed by atoms with E-state index in [0.29, 0.717) is 13.0 Å². The van der Waals surface area contributed by atoms with Crippen LogP contribution in [0.1, 0.15) is 39.0 Å². The molecule has 0 aromatic heterocycles. The van der Waals surface area contributed by atoms with Gasteiger partial charge < -0.3 is 10.5 Å². The summed E-state index contributed by atoms with van der Waals surface area (Å²) in [6.45, 7) is 2.57. The van der Waals surface area contributed by atoms with E-state index in [1.54, 1.807) is 0 Å². The van der Waals surface area contributed by atoms with Crippen LogP contribution >= 0.6 is 0 Å². The molecule has 86 valence electrons. The van der Waals surface area contributed by atoms with Crippen LogP contribution in [0.5, 0.6) is 0 Å². The molecule has 1 heterocycles. The van der Waals surface area contributed by atoms with Gasteiger partial charge in [-0.25, -0.2) is 9.38 Å². The fourth-order valence-corrected chi connectivity index (χ4v) is 2.76. The Morgan fingerprint density at radius 3 is 2.87 bits per heavy atom. The van der Waals surface area contributed by atoms with Crippen LogP contribution in [0.15, 0.2) is 4.99 Å². The minimum atomic E-state index is -0.724. The number of amidine groups is 1. The Hall–Kier alpha value is -0.800. The fourth-order valence-electron chi connectivity index (χ4n) is 2.76. The van der Waals surface area contributed by atoms with E-state index in [1.807, 2.05) is 6.92 Å². The van der Waals surface area contributed by atoms with Crippen molar-refractivity contribution in [2.75, 3.05) is 6.61 Å². The first kappa shape index (κ1) is 10.7. The topological polar surface area (TPSA) is 47.6 Å². The Balaban J connectivity index is 2.16. The molecular formula is C11H19FN2O. The molecule has 4 heteroatoms. The first-order valence-electron chi connectivity index (χ1n) is 5.74. The molecule has 0 aromatic carbocycles. The molecule has 2 rings (SSSR count). The summed E-state index contributed by atoms with van der Waals surface area (Å²) in [5, 5.41) is 0. The largest absolute Gasteiger partial charge is 0.465 e. The van der Waals surface area contributed by atoms with Gasteiger partial charge in [0.2, 0.25) is 0 Å². The van der Waals surface area contributed by atoms with E-state index in [4.69, 9.17) is 10.5 Å². The van der Waals surface area contributed by atoms with Crippen LogP contribution in [0.3, 0.4) is 0 Å². The zero-order valence-corrected chi connectivity index (χ0v) is 9.21. The van der Waals surface area contributed by atoms with Gasteiger partial charge in [-0.05, 0) is 19.8 Å². The van der Waals surface area contributed by atoms with Crippen molar-refractivity contribution in [1.29, 1.82) is 0 Å². The Bertz CT molecular complexity index is 269. The molecule has 1 aliphatic carbocycles. The summed E-state index contributed by atoms with van der Waals surface area (Å²) >= 11 is 0. The summed E-state index contributed by atoms with van der Waals surface area (Å²) < 4.78 is 19.0. The number of nitrogens with zero attached hydrogens (tertiary/aromatic N) is 1. The lowest BCUT2D eigenvalue weighted by Gasteiger charge is -2.40. The maximum absolute atomic E-state index is 13.9. The van der Waals surface area contributed by atoms with Gasteiger partial charge in [0.15, 0.2) is 0 Å². The third-order valence-electron chi connectivity index (χ3n) is 3.70. The van der Waals surface area contributed by atoms with Crippen LogP contribution in [0.4, 0.5) is 4.39 Å². The first-order chi connectivity index (χ1) is 7.12. The van der Waals surface area contributed by atoms with E-state index in [2.05, 4.69) is 4.99 Å². The SMILES string of the molecule is CC1(C2CCCCC2F)CCOC(N)=N1. The van der Waals surface area contributed by atoms with Gasteiger partial charge >= 0.3 is 0 Å². The zero-order valence-electron chi connectivity index (χ0n) is 9.21. The van der Waals surface area contributed by atoms with Gasteiger partial charge in [0.1, 0.15) is 6.17 Å². The maximum Gasteiger partial charge on any atom is 0.282 e. The van der Waals surface area contributed by atoms with E-state index in [-0.39, 0.29) is 17.5 Å². The van der Waals surface area contributed by atoms with E-state index >= 15 is 0 Å². The average Bonchev–Trinajstić information content (AvgIpc) is 2.17. The van der Waals surface area contributed by atoms with Crippen molar-refractivity contribution in [3.63, 3.8) is 0 Å². The van der Waals surface area contributed by atoms with E-state index < -0.39 is 6.17 Å². The number of ether oxygens (including phenoxy) is 1. The monoisotopic (exact) mass is 214 g/mol. The van der Waals surface area contributed by atoms with E-state index in [9.17, 15) is 4.39 Å². The standard InChI is InChI=1S/C11H19FN2O/c1-11(6-7-15-10(13)14-11)8-4-2-3-5-9(8)12/h8-9H,2-7H2,1H3,(H2,13,14). The molecule has 0 spiro atoms. The van der Waals surface area contributed by atoms with Crippen molar-refractivity contribution >= 4 is 6.02 Å². The molecule has 15 heavy (non-hydrogen) atoms. The van der Waals surface area contributed by atoms with Crippen molar-refractivity contribution in [1.82, 2.24) is 0 Å². The average molecular weight is 214 g/mol. The number of hydrogen-bond acceptors (Lipinski definition) is 3. The Kier molecular flexibility index (Phi) is 2.85. The maximum atomic E-state index is 13.9. The lowest BCUT2D eigenvalue weighted by atomic mass is 9.73. The van der Waals surface area contributed by atoms with Gasteiger partial charge in [-0.1, -0.05) is 12.8 Å². The summed E-state index contributed by atoms with van der Waals surface area (Å²) in [6.07, 6.45) is 3.77. The normalized spacial score (nSPS) is 41.9. The summed E-state index contributed by atoms with van der Waals surface area (Å²) in [7, 11) is 0. The van der Waals surface area contributed by atoms with E-state index in [0.717, 1.165) is 25.7 Å². The number of halogens is 1. The predicted molar refractivity (Wildman–Crippen MR) is 57.5 cm³/mol. The van der Waals surface area contributed by atoms with Crippen LogP contribution in [-0.4, -0.2) is 24.3 Å². The van der Waals surface area contributed by atoms with Crippen molar-refractivity contribution in [3.8, 4) is 0 Å². The second kappa shape index (κ2) is 3.99.